The quantitative estimate of drug-likeness (QED) is 0.724. The number of hydrogen-bond donors (Lipinski definition) is 3. The molecule has 4 N–H and O–H groups in total. The van der Waals surface area contributed by atoms with E-state index in [1.54, 1.807) is 11.8 Å². The van der Waals surface area contributed by atoms with E-state index in [0.717, 1.165) is 29.4 Å². The Kier molecular flexibility index (Phi) is 5.17. The van der Waals surface area contributed by atoms with Crippen LogP contribution in [0.2, 0.25) is 0 Å². The average Bonchev–Trinajstić information content (AvgIpc) is 2.94. The Balaban J connectivity index is 2.19. The van der Waals surface area contributed by atoms with Gasteiger partial charge in [-0.05, 0) is 33.2 Å². The molecule has 1 saturated heterocycles. The van der Waals surface area contributed by atoms with Crippen molar-refractivity contribution in [2.45, 2.75) is 24.3 Å². The lowest BCUT2D eigenvalue weighted by atomic mass is 10.2. The first-order chi connectivity index (χ1) is 9.56. The molecule has 0 aliphatic carbocycles. The molecule has 0 radical (unpaired) electrons. The third kappa shape index (κ3) is 3.21. The Morgan fingerprint density at radius 3 is 2.90 bits per heavy atom. The molecular weight excluding hydrogens is 292 g/mol. The van der Waals surface area contributed by atoms with Crippen molar-refractivity contribution in [2.75, 3.05) is 44.0 Å². The molecular formula is C13H22N4OS2. The molecule has 112 valence electrons. The van der Waals surface area contributed by atoms with Gasteiger partial charge in [-0.25, -0.2) is 0 Å². The minimum Gasteiger partial charge on any atom is -0.396 e. The number of carbonyl (C=O) groups is 1. The molecule has 5 nitrogen and oxygen atoms in total. The zero-order valence-corrected chi connectivity index (χ0v) is 13.8. The summed E-state index contributed by atoms with van der Waals surface area (Å²) < 4.78 is 0. The zero-order chi connectivity index (χ0) is 14.7. The van der Waals surface area contributed by atoms with Crippen molar-refractivity contribution >= 4 is 39.7 Å². The van der Waals surface area contributed by atoms with Crippen molar-refractivity contribution in [3.05, 3.63) is 4.88 Å². The fourth-order valence-corrected chi connectivity index (χ4v) is 4.39. The fraction of sp³-hybridized carbons (Fsp3) is 0.615. The van der Waals surface area contributed by atoms with Gasteiger partial charge in [-0.1, -0.05) is 0 Å². The van der Waals surface area contributed by atoms with Crippen LogP contribution >= 0.6 is 23.1 Å². The highest BCUT2D eigenvalue weighted by Gasteiger charge is 2.24. The smallest absolute Gasteiger partial charge is 0.263 e. The number of nitrogens with two attached hydrogens (primary N) is 1. The van der Waals surface area contributed by atoms with Gasteiger partial charge >= 0.3 is 0 Å². The molecule has 7 heteroatoms. The lowest BCUT2D eigenvalue weighted by Crippen LogP contribution is -2.23. The summed E-state index contributed by atoms with van der Waals surface area (Å²) in [5.41, 5.74) is 6.73. The van der Waals surface area contributed by atoms with E-state index in [1.807, 2.05) is 13.2 Å². The number of amides is 1. The Bertz CT molecular complexity index is 489. The summed E-state index contributed by atoms with van der Waals surface area (Å²) in [6.45, 7) is 4.66. The van der Waals surface area contributed by atoms with Crippen LogP contribution < -0.4 is 16.4 Å². The first kappa shape index (κ1) is 15.5. The largest absolute Gasteiger partial charge is 0.396 e. The van der Waals surface area contributed by atoms with E-state index in [-0.39, 0.29) is 5.91 Å². The second-order valence-corrected chi connectivity index (χ2v) is 6.80. The maximum Gasteiger partial charge on any atom is 0.263 e. The second kappa shape index (κ2) is 6.69. The van der Waals surface area contributed by atoms with Crippen LogP contribution in [0, 0.1) is 0 Å². The predicted octanol–water partition coefficient (Wildman–Crippen LogP) is 1.92. The van der Waals surface area contributed by atoms with E-state index in [2.05, 4.69) is 22.6 Å². The molecule has 0 spiro atoms. The van der Waals surface area contributed by atoms with Crippen LogP contribution in [0.3, 0.4) is 0 Å². The van der Waals surface area contributed by atoms with Crippen molar-refractivity contribution in [2.24, 2.45) is 0 Å². The second-order valence-electron chi connectivity index (χ2n) is 4.96. The van der Waals surface area contributed by atoms with E-state index in [0.29, 0.717) is 23.2 Å². The van der Waals surface area contributed by atoms with E-state index >= 15 is 0 Å². The molecule has 1 amide bonds. The number of thioether (sulfide) groups is 1. The predicted molar refractivity (Wildman–Crippen MR) is 88.0 cm³/mol. The normalized spacial score (nSPS) is 19.2. The molecule has 1 fully saturated rings. The van der Waals surface area contributed by atoms with Crippen molar-refractivity contribution < 1.29 is 4.79 Å². The van der Waals surface area contributed by atoms with Crippen LogP contribution in [0.25, 0.3) is 0 Å². The molecule has 20 heavy (non-hydrogen) atoms. The minimum atomic E-state index is -0.0816. The van der Waals surface area contributed by atoms with Gasteiger partial charge in [0.05, 0.1) is 10.6 Å². The first-order valence-corrected chi connectivity index (χ1v) is 8.80. The molecule has 1 aliphatic rings. The third-order valence-corrected chi connectivity index (χ3v) is 5.47. The van der Waals surface area contributed by atoms with Crippen LogP contribution in [0.15, 0.2) is 4.90 Å². The van der Waals surface area contributed by atoms with Crippen molar-refractivity contribution in [3.63, 3.8) is 0 Å². The fourth-order valence-electron chi connectivity index (χ4n) is 2.37. The SMILES string of the molecule is CCNC(=O)c1sc(NC2CCN(C)C2)c(SC)c1N. The maximum atomic E-state index is 12.0. The molecule has 1 unspecified atom stereocenters. The molecule has 0 aromatic carbocycles. The van der Waals surface area contributed by atoms with Crippen molar-refractivity contribution in [1.82, 2.24) is 10.2 Å². The minimum absolute atomic E-state index is 0.0816. The summed E-state index contributed by atoms with van der Waals surface area (Å²) in [6.07, 6.45) is 3.12. The Hall–Kier alpha value is -0.920. The monoisotopic (exact) mass is 314 g/mol. The molecule has 1 atom stereocenters. The first-order valence-electron chi connectivity index (χ1n) is 6.76. The summed E-state index contributed by atoms with van der Waals surface area (Å²) in [5, 5.41) is 7.38. The number of carbonyl (C=O) groups excluding carboxylic acids is 1. The number of likely N-dealkylation sites (N-methyl/N-ethyl adjacent to an activating group) is 1. The number of nitrogens with one attached hydrogen (secondary N) is 2. The van der Waals surface area contributed by atoms with Gasteiger partial charge in [0.1, 0.15) is 9.88 Å². The lowest BCUT2D eigenvalue weighted by Gasteiger charge is -2.13. The van der Waals surface area contributed by atoms with Gasteiger partial charge in [0, 0.05) is 19.1 Å². The zero-order valence-electron chi connectivity index (χ0n) is 12.2. The van der Waals surface area contributed by atoms with Crippen LogP contribution in [0.1, 0.15) is 23.0 Å². The summed E-state index contributed by atoms with van der Waals surface area (Å²) in [7, 11) is 2.13. The maximum absolute atomic E-state index is 12.0. The van der Waals surface area contributed by atoms with Gasteiger partial charge in [0.2, 0.25) is 0 Å². The number of nitrogen functional groups attached to an aromatic ring is 1. The molecule has 0 bridgehead atoms. The summed E-state index contributed by atoms with van der Waals surface area (Å²) in [5.74, 6) is -0.0816. The summed E-state index contributed by atoms with van der Waals surface area (Å²) in [6, 6.07) is 0.436. The number of anilines is 2. The van der Waals surface area contributed by atoms with Crippen LogP contribution in [0.5, 0.6) is 0 Å². The van der Waals surface area contributed by atoms with Gasteiger partial charge in [-0.2, -0.15) is 0 Å². The Morgan fingerprint density at radius 1 is 1.60 bits per heavy atom. The summed E-state index contributed by atoms with van der Waals surface area (Å²) in [4.78, 5) is 15.9. The lowest BCUT2D eigenvalue weighted by molar-refractivity contribution is 0.0960. The van der Waals surface area contributed by atoms with E-state index < -0.39 is 0 Å². The highest BCUT2D eigenvalue weighted by atomic mass is 32.2. The highest BCUT2D eigenvalue weighted by Crippen LogP contribution is 2.42. The van der Waals surface area contributed by atoms with E-state index in [9.17, 15) is 4.79 Å². The van der Waals surface area contributed by atoms with Crippen LogP contribution in [-0.4, -0.2) is 49.8 Å². The van der Waals surface area contributed by atoms with Crippen molar-refractivity contribution in [3.8, 4) is 0 Å². The molecule has 1 aromatic heterocycles. The number of hydrogen-bond acceptors (Lipinski definition) is 6. The van der Waals surface area contributed by atoms with Gasteiger partial charge in [0.25, 0.3) is 5.91 Å². The van der Waals surface area contributed by atoms with Crippen LogP contribution in [-0.2, 0) is 0 Å². The standard InChI is InChI=1S/C13H22N4OS2/c1-4-15-12(18)10-9(14)11(19-3)13(20-10)16-8-5-6-17(2)7-8/h8,16H,4-7,14H2,1-3H3,(H,15,18). The van der Waals surface area contributed by atoms with Gasteiger partial charge in [-0.3, -0.25) is 4.79 Å². The topological polar surface area (TPSA) is 70.4 Å². The Labute approximate surface area is 128 Å². The number of rotatable bonds is 5. The number of thiophene rings is 1. The highest BCUT2D eigenvalue weighted by molar-refractivity contribution is 7.99. The molecule has 1 aromatic rings. The van der Waals surface area contributed by atoms with E-state index in [1.165, 1.54) is 11.3 Å². The van der Waals surface area contributed by atoms with Crippen LogP contribution in [0.4, 0.5) is 10.7 Å². The van der Waals surface area contributed by atoms with Gasteiger partial charge < -0.3 is 21.3 Å². The number of nitrogens with zero attached hydrogens (tertiary/aromatic N) is 1. The molecule has 2 rings (SSSR count). The van der Waals surface area contributed by atoms with E-state index in [4.69, 9.17) is 5.73 Å². The molecule has 0 saturated carbocycles. The number of likely N-dealkylation sites (tertiary alicyclic amines) is 1. The van der Waals surface area contributed by atoms with Crippen molar-refractivity contribution in [1.29, 1.82) is 0 Å². The Morgan fingerprint density at radius 2 is 2.35 bits per heavy atom. The molecule has 2 heterocycles. The van der Waals surface area contributed by atoms with Gasteiger partial charge in [-0.15, -0.1) is 23.1 Å². The summed E-state index contributed by atoms with van der Waals surface area (Å²) >= 11 is 3.05. The van der Waals surface area contributed by atoms with Gasteiger partial charge in [0.15, 0.2) is 0 Å². The molecule has 1 aliphatic heterocycles. The average molecular weight is 314 g/mol. The third-order valence-electron chi connectivity index (χ3n) is 3.37.